The fourth-order valence-corrected chi connectivity index (χ4v) is 1.21. The van der Waals surface area contributed by atoms with Gasteiger partial charge >= 0.3 is 0 Å². The third-order valence-corrected chi connectivity index (χ3v) is 1.95. The summed E-state index contributed by atoms with van der Waals surface area (Å²) in [6, 6.07) is 0. The molecule has 0 atom stereocenters. The molecule has 0 aromatic carbocycles. The lowest BCUT2D eigenvalue weighted by molar-refractivity contribution is 0.534. The Kier molecular flexibility index (Phi) is 5.88. The van der Waals surface area contributed by atoms with Crippen LogP contribution in [0, 0.1) is 5.92 Å². The van der Waals surface area contributed by atoms with Crippen LogP contribution in [-0.4, -0.2) is 29.6 Å². The van der Waals surface area contributed by atoms with E-state index in [2.05, 4.69) is 34.4 Å². The normalized spacial score (nSPS) is 10.9. The Labute approximate surface area is 91.5 Å². The smallest absolute Gasteiger partial charge is 0.0724 e. The summed E-state index contributed by atoms with van der Waals surface area (Å²) in [4.78, 5) is 8.18. The molecule has 1 aromatic rings. The molecule has 0 aliphatic rings. The largest absolute Gasteiger partial charge is 0.315 e. The van der Waals surface area contributed by atoms with Crippen molar-refractivity contribution >= 4 is 0 Å². The summed E-state index contributed by atoms with van der Waals surface area (Å²) in [5.74, 6) is 0.713. The van der Waals surface area contributed by atoms with Crippen LogP contribution in [0.4, 0.5) is 0 Å². The van der Waals surface area contributed by atoms with Crippen LogP contribution < -0.4 is 10.6 Å². The van der Waals surface area contributed by atoms with Crippen molar-refractivity contribution < 1.29 is 0 Å². The Hall–Kier alpha value is -1.00. The van der Waals surface area contributed by atoms with E-state index in [1.54, 1.807) is 18.6 Å². The fourth-order valence-electron chi connectivity index (χ4n) is 1.21. The second kappa shape index (κ2) is 7.31. The van der Waals surface area contributed by atoms with E-state index in [9.17, 15) is 0 Å². The molecule has 0 aliphatic carbocycles. The molecule has 1 rings (SSSR count). The first-order valence-corrected chi connectivity index (χ1v) is 5.45. The molecule has 0 spiro atoms. The average Bonchev–Trinajstić information content (AvgIpc) is 2.24. The molecule has 0 bridgehead atoms. The van der Waals surface area contributed by atoms with Crippen molar-refractivity contribution in [2.75, 3.05) is 19.6 Å². The standard InChI is InChI=1S/C11H20N4/c1-10(2)7-12-3-4-13-8-11-9-14-5-6-15-11/h5-6,9-10,12-13H,3-4,7-8H2,1-2H3. The molecule has 1 aromatic heterocycles. The van der Waals surface area contributed by atoms with Gasteiger partial charge in [-0.1, -0.05) is 13.8 Å². The summed E-state index contributed by atoms with van der Waals surface area (Å²) in [6.07, 6.45) is 5.19. The van der Waals surface area contributed by atoms with Gasteiger partial charge in [0.25, 0.3) is 0 Å². The minimum Gasteiger partial charge on any atom is -0.315 e. The summed E-state index contributed by atoms with van der Waals surface area (Å²) in [7, 11) is 0. The maximum atomic E-state index is 4.18. The Morgan fingerprint density at radius 2 is 2.00 bits per heavy atom. The lowest BCUT2D eigenvalue weighted by Crippen LogP contribution is -2.29. The van der Waals surface area contributed by atoms with Gasteiger partial charge in [-0.25, -0.2) is 0 Å². The summed E-state index contributed by atoms with van der Waals surface area (Å²) >= 11 is 0. The molecular formula is C11H20N4. The monoisotopic (exact) mass is 208 g/mol. The molecule has 0 saturated carbocycles. The molecular weight excluding hydrogens is 188 g/mol. The number of nitrogens with zero attached hydrogens (tertiary/aromatic N) is 2. The Morgan fingerprint density at radius 1 is 1.20 bits per heavy atom. The highest BCUT2D eigenvalue weighted by atomic mass is 15.0. The van der Waals surface area contributed by atoms with Crippen molar-refractivity contribution in [3.63, 3.8) is 0 Å². The van der Waals surface area contributed by atoms with Crippen molar-refractivity contribution in [3.8, 4) is 0 Å². The molecule has 2 N–H and O–H groups in total. The van der Waals surface area contributed by atoms with Crippen molar-refractivity contribution in [1.29, 1.82) is 0 Å². The molecule has 15 heavy (non-hydrogen) atoms. The molecule has 0 aliphatic heterocycles. The Balaban J connectivity index is 1.98. The van der Waals surface area contributed by atoms with E-state index in [4.69, 9.17) is 0 Å². The first kappa shape index (κ1) is 12.1. The van der Waals surface area contributed by atoms with Crippen LogP contribution in [0.3, 0.4) is 0 Å². The summed E-state index contributed by atoms with van der Waals surface area (Å²) < 4.78 is 0. The van der Waals surface area contributed by atoms with Gasteiger partial charge in [0.2, 0.25) is 0 Å². The fraction of sp³-hybridized carbons (Fsp3) is 0.636. The SMILES string of the molecule is CC(C)CNCCNCc1cnccn1. The third-order valence-electron chi connectivity index (χ3n) is 1.95. The Bertz CT molecular complexity index is 248. The van der Waals surface area contributed by atoms with Crippen LogP contribution in [0.5, 0.6) is 0 Å². The Morgan fingerprint density at radius 3 is 2.67 bits per heavy atom. The summed E-state index contributed by atoms with van der Waals surface area (Å²) in [5, 5.41) is 6.68. The van der Waals surface area contributed by atoms with Crippen LogP contribution in [0.25, 0.3) is 0 Å². The van der Waals surface area contributed by atoms with Crippen molar-refractivity contribution in [3.05, 3.63) is 24.3 Å². The molecule has 4 heteroatoms. The number of nitrogens with one attached hydrogen (secondary N) is 2. The van der Waals surface area contributed by atoms with Crippen LogP contribution in [0.1, 0.15) is 19.5 Å². The minimum atomic E-state index is 0.713. The highest BCUT2D eigenvalue weighted by molar-refractivity contribution is 4.93. The zero-order valence-corrected chi connectivity index (χ0v) is 9.53. The van der Waals surface area contributed by atoms with Crippen LogP contribution in [-0.2, 0) is 6.54 Å². The van der Waals surface area contributed by atoms with Gasteiger partial charge in [0, 0.05) is 38.2 Å². The minimum absolute atomic E-state index is 0.713. The van der Waals surface area contributed by atoms with Gasteiger partial charge in [-0.15, -0.1) is 0 Å². The van der Waals surface area contributed by atoms with Gasteiger partial charge in [0.05, 0.1) is 5.69 Å². The average molecular weight is 208 g/mol. The second-order valence-corrected chi connectivity index (χ2v) is 3.97. The van der Waals surface area contributed by atoms with Crippen molar-refractivity contribution in [2.24, 2.45) is 5.92 Å². The van der Waals surface area contributed by atoms with Crippen molar-refractivity contribution in [2.45, 2.75) is 20.4 Å². The first-order valence-electron chi connectivity index (χ1n) is 5.45. The highest BCUT2D eigenvalue weighted by Gasteiger charge is 1.94. The molecule has 0 fully saturated rings. The molecule has 0 unspecified atom stereocenters. The van der Waals surface area contributed by atoms with E-state index in [1.807, 2.05) is 0 Å². The quantitative estimate of drug-likeness (QED) is 0.651. The van der Waals surface area contributed by atoms with Gasteiger partial charge in [0.15, 0.2) is 0 Å². The van der Waals surface area contributed by atoms with Gasteiger partial charge in [-0.3, -0.25) is 9.97 Å². The van der Waals surface area contributed by atoms with Gasteiger partial charge in [-0.05, 0) is 12.5 Å². The maximum Gasteiger partial charge on any atom is 0.0724 e. The zero-order valence-electron chi connectivity index (χ0n) is 9.53. The third kappa shape index (κ3) is 6.14. The molecule has 4 nitrogen and oxygen atoms in total. The molecule has 84 valence electrons. The van der Waals surface area contributed by atoms with E-state index in [0.717, 1.165) is 31.9 Å². The molecule has 1 heterocycles. The van der Waals surface area contributed by atoms with Gasteiger partial charge in [0.1, 0.15) is 0 Å². The molecule has 0 amide bonds. The summed E-state index contributed by atoms with van der Waals surface area (Å²) in [5.41, 5.74) is 0.987. The topological polar surface area (TPSA) is 49.8 Å². The van der Waals surface area contributed by atoms with Crippen LogP contribution in [0.15, 0.2) is 18.6 Å². The molecule has 0 saturated heterocycles. The number of aromatic nitrogens is 2. The van der Waals surface area contributed by atoms with Crippen LogP contribution in [0.2, 0.25) is 0 Å². The number of rotatable bonds is 7. The highest BCUT2D eigenvalue weighted by Crippen LogP contribution is 1.88. The van der Waals surface area contributed by atoms with E-state index >= 15 is 0 Å². The second-order valence-electron chi connectivity index (χ2n) is 3.97. The lowest BCUT2D eigenvalue weighted by Gasteiger charge is -2.07. The zero-order chi connectivity index (χ0) is 10.9. The van der Waals surface area contributed by atoms with Crippen molar-refractivity contribution in [1.82, 2.24) is 20.6 Å². The molecule has 0 radical (unpaired) electrons. The van der Waals surface area contributed by atoms with E-state index < -0.39 is 0 Å². The number of hydrogen-bond acceptors (Lipinski definition) is 4. The number of hydrogen-bond donors (Lipinski definition) is 2. The predicted molar refractivity (Wildman–Crippen MR) is 61.4 cm³/mol. The van der Waals surface area contributed by atoms with Crippen LogP contribution >= 0.6 is 0 Å². The maximum absolute atomic E-state index is 4.18. The van der Waals surface area contributed by atoms with E-state index in [0.29, 0.717) is 5.92 Å². The van der Waals surface area contributed by atoms with Gasteiger partial charge < -0.3 is 10.6 Å². The lowest BCUT2D eigenvalue weighted by atomic mass is 10.2. The van der Waals surface area contributed by atoms with E-state index in [1.165, 1.54) is 0 Å². The predicted octanol–water partition coefficient (Wildman–Crippen LogP) is 0.812. The summed E-state index contributed by atoms with van der Waals surface area (Å²) in [6.45, 7) is 8.24. The van der Waals surface area contributed by atoms with Gasteiger partial charge in [-0.2, -0.15) is 0 Å². The first-order chi connectivity index (χ1) is 7.29. The van der Waals surface area contributed by atoms with E-state index in [-0.39, 0.29) is 0 Å².